The van der Waals surface area contributed by atoms with E-state index in [1.807, 2.05) is 0 Å². The molecular weight excluding hydrogens is 144 g/mol. The molecule has 0 bridgehead atoms. The van der Waals surface area contributed by atoms with Gasteiger partial charge < -0.3 is 0 Å². The van der Waals surface area contributed by atoms with Crippen LogP contribution in [0.2, 0.25) is 0 Å². The maximum atomic E-state index is 3.92. The second kappa shape index (κ2) is 7.15. The number of hydrogen-bond acceptors (Lipinski definition) is 0. The third-order valence-electron chi connectivity index (χ3n) is 1.86. The average molecular weight is 166 g/mol. The summed E-state index contributed by atoms with van der Waals surface area (Å²) in [6, 6.07) is 0. The Balaban J connectivity index is 3.42. The molecule has 0 aliphatic rings. The zero-order valence-corrected chi connectivity index (χ0v) is 8.77. The van der Waals surface area contributed by atoms with Crippen molar-refractivity contribution < 1.29 is 0 Å². The lowest BCUT2D eigenvalue weighted by Crippen LogP contribution is -1.92. The van der Waals surface area contributed by atoms with Crippen molar-refractivity contribution in [1.29, 1.82) is 0 Å². The molecule has 0 fully saturated rings. The van der Waals surface area contributed by atoms with Crippen molar-refractivity contribution in [3.63, 3.8) is 0 Å². The molecule has 0 radical (unpaired) electrons. The summed E-state index contributed by atoms with van der Waals surface area (Å²) >= 11 is 0. The van der Waals surface area contributed by atoms with Crippen LogP contribution in [-0.4, -0.2) is 0 Å². The van der Waals surface area contributed by atoms with Gasteiger partial charge in [-0.3, -0.25) is 0 Å². The lowest BCUT2D eigenvalue weighted by Gasteiger charge is -2.06. The van der Waals surface area contributed by atoms with Crippen LogP contribution >= 0.6 is 0 Å². The van der Waals surface area contributed by atoms with Crippen molar-refractivity contribution >= 4 is 0 Å². The SMILES string of the molecule is C=C(C)CC(C)CC=CCCC. The molecule has 1 atom stereocenters. The van der Waals surface area contributed by atoms with E-state index < -0.39 is 0 Å². The topological polar surface area (TPSA) is 0 Å². The van der Waals surface area contributed by atoms with Gasteiger partial charge in [-0.1, -0.05) is 38.0 Å². The van der Waals surface area contributed by atoms with E-state index in [2.05, 4.69) is 39.5 Å². The van der Waals surface area contributed by atoms with Crippen LogP contribution in [0.3, 0.4) is 0 Å². The fraction of sp³-hybridized carbons (Fsp3) is 0.667. The van der Waals surface area contributed by atoms with Crippen molar-refractivity contribution in [2.24, 2.45) is 5.92 Å². The Morgan fingerprint density at radius 2 is 2.08 bits per heavy atom. The molecule has 0 saturated heterocycles. The molecule has 0 heteroatoms. The van der Waals surface area contributed by atoms with Gasteiger partial charge in [-0.2, -0.15) is 0 Å². The molecule has 12 heavy (non-hydrogen) atoms. The second-order valence-electron chi connectivity index (χ2n) is 3.76. The molecule has 0 aliphatic heterocycles. The number of allylic oxidation sites excluding steroid dienone is 3. The van der Waals surface area contributed by atoms with E-state index >= 15 is 0 Å². The first-order chi connectivity index (χ1) is 5.66. The van der Waals surface area contributed by atoms with Gasteiger partial charge in [-0.05, 0) is 32.1 Å². The van der Waals surface area contributed by atoms with Gasteiger partial charge in [0.15, 0.2) is 0 Å². The quantitative estimate of drug-likeness (QED) is 0.515. The summed E-state index contributed by atoms with van der Waals surface area (Å²) in [6.45, 7) is 10.5. The van der Waals surface area contributed by atoms with Crippen LogP contribution in [-0.2, 0) is 0 Å². The minimum atomic E-state index is 0.760. The Bertz CT molecular complexity index is 142. The van der Waals surface area contributed by atoms with Gasteiger partial charge >= 0.3 is 0 Å². The van der Waals surface area contributed by atoms with Gasteiger partial charge in [0.05, 0.1) is 0 Å². The van der Waals surface area contributed by atoms with Crippen LogP contribution in [0.4, 0.5) is 0 Å². The maximum absolute atomic E-state index is 3.92. The number of unbranched alkanes of at least 4 members (excludes halogenated alkanes) is 1. The van der Waals surface area contributed by atoms with Crippen molar-refractivity contribution in [3.8, 4) is 0 Å². The van der Waals surface area contributed by atoms with Gasteiger partial charge in [0.2, 0.25) is 0 Å². The fourth-order valence-electron chi connectivity index (χ4n) is 1.29. The third kappa shape index (κ3) is 7.59. The largest absolute Gasteiger partial charge is 0.100 e. The lowest BCUT2D eigenvalue weighted by molar-refractivity contribution is 0.586. The summed E-state index contributed by atoms with van der Waals surface area (Å²) in [6.07, 6.45) is 9.43. The molecule has 70 valence electrons. The van der Waals surface area contributed by atoms with Crippen molar-refractivity contribution in [1.82, 2.24) is 0 Å². The molecule has 1 unspecified atom stereocenters. The van der Waals surface area contributed by atoms with Gasteiger partial charge in [0, 0.05) is 0 Å². The summed E-state index contributed by atoms with van der Waals surface area (Å²) in [5.74, 6) is 0.760. The highest BCUT2D eigenvalue weighted by atomic mass is 14.0. The summed E-state index contributed by atoms with van der Waals surface area (Å²) in [5.41, 5.74) is 1.30. The zero-order chi connectivity index (χ0) is 9.40. The minimum absolute atomic E-state index is 0.760. The molecule has 0 heterocycles. The summed E-state index contributed by atoms with van der Waals surface area (Å²) in [5, 5.41) is 0. The predicted octanol–water partition coefficient (Wildman–Crippen LogP) is 4.34. The van der Waals surface area contributed by atoms with Gasteiger partial charge in [-0.15, -0.1) is 6.58 Å². The predicted molar refractivity (Wildman–Crippen MR) is 57.3 cm³/mol. The van der Waals surface area contributed by atoms with Crippen LogP contribution in [0.25, 0.3) is 0 Å². The molecule has 0 spiro atoms. The second-order valence-corrected chi connectivity index (χ2v) is 3.76. The Labute approximate surface area is 77.4 Å². The third-order valence-corrected chi connectivity index (χ3v) is 1.86. The Morgan fingerprint density at radius 3 is 2.58 bits per heavy atom. The van der Waals surface area contributed by atoms with Gasteiger partial charge in [0.25, 0.3) is 0 Å². The van der Waals surface area contributed by atoms with Crippen LogP contribution in [0.1, 0.15) is 46.5 Å². The molecule has 0 saturated carbocycles. The van der Waals surface area contributed by atoms with E-state index in [0.717, 1.165) is 12.3 Å². The van der Waals surface area contributed by atoms with Crippen LogP contribution in [0.5, 0.6) is 0 Å². The highest BCUT2D eigenvalue weighted by Gasteiger charge is 1.98. The first kappa shape index (κ1) is 11.5. The van der Waals surface area contributed by atoms with Gasteiger partial charge in [0.1, 0.15) is 0 Å². The molecule has 0 aromatic carbocycles. The molecule has 0 aromatic heterocycles. The summed E-state index contributed by atoms with van der Waals surface area (Å²) in [7, 11) is 0. The normalized spacial score (nSPS) is 13.6. The van der Waals surface area contributed by atoms with Crippen LogP contribution in [0, 0.1) is 5.92 Å². The monoisotopic (exact) mass is 166 g/mol. The summed E-state index contributed by atoms with van der Waals surface area (Å²) in [4.78, 5) is 0. The molecular formula is C12H22. The minimum Gasteiger partial charge on any atom is -0.100 e. The lowest BCUT2D eigenvalue weighted by atomic mass is 9.99. The molecule has 0 aliphatic carbocycles. The van der Waals surface area contributed by atoms with E-state index in [1.54, 1.807) is 0 Å². The van der Waals surface area contributed by atoms with Crippen LogP contribution in [0.15, 0.2) is 24.3 Å². The molecule has 0 aromatic rings. The Morgan fingerprint density at radius 1 is 1.42 bits per heavy atom. The highest BCUT2D eigenvalue weighted by molar-refractivity contribution is 4.92. The molecule has 0 amide bonds. The van der Waals surface area contributed by atoms with Crippen molar-refractivity contribution in [3.05, 3.63) is 24.3 Å². The van der Waals surface area contributed by atoms with Gasteiger partial charge in [-0.25, -0.2) is 0 Å². The molecule has 0 rings (SSSR count). The average Bonchev–Trinajstić information content (AvgIpc) is 1.97. The van der Waals surface area contributed by atoms with E-state index in [1.165, 1.54) is 24.8 Å². The van der Waals surface area contributed by atoms with Crippen molar-refractivity contribution in [2.45, 2.75) is 46.5 Å². The van der Waals surface area contributed by atoms with E-state index in [9.17, 15) is 0 Å². The van der Waals surface area contributed by atoms with E-state index in [0.29, 0.717) is 0 Å². The van der Waals surface area contributed by atoms with E-state index in [-0.39, 0.29) is 0 Å². The van der Waals surface area contributed by atoms with Crippen LogP contribution < -0.4 is 0 Å². The number of rotatable bonds is 6. The molecule has 0 N–H and O–H groups in total. The molecule has 0 nitrogen and oxygen atoms in total. The van der Waals surface area contributed by atoms with E-state index in [4.69, 9.17) is 0 Å². The summed E-state index contributed by atoms with van der Waals surface area (Å²) < 4.78 is 0. The smallest absolute Gasteiger partial charge is 0.0297 e. The standard InChI is InChI=1S/C12H22/c1-5-6-7-8-9-12(4)10-11(2)3/h7-8,12H,2,5-6,9-10H2,1,3-4H3. The first-order valence-electron chi connectivity index (χ1n) is 4.96. The highest BCUT2D eigenvalue weighted by Crippen LogP contribution is 2.13. The Kier molecular flexibility index (Phi) is 6.84. The maximum Gasteiger partial charge on any atom is -0.0297 e. The zero-order valence-electron chi connectivity index (χ0n) is 8.77. The Hall–Kier alpha value is -0.520. The fourth-order valence-corrected chi connectivity index (χ4v) is 1.29. The van der Waals surface area contributed by atoms with Crippen molar-refractivity contribution in [2.75, 3.05) is 0 Å². The first-order valence-corrected chi connectivity index (χ1v) is 4.96. The number of hydrogen-bond donors (Lipinski definition) is 0.